The summed E-state index contributed by atoms with van der Waals surface area (Å²) >= 11 is 0. The molecule has 0 radical (unpaired) electrons. The van der Waals surface area contributed by atoms with Crippen molar-refractivity contribution in [3.8, 4) is 0 Å². The van der Waals surface area contributed by atoms with Crippen molar-refractivity contribution < 1.29 is 0 Å². The first kappa shape index (κ1) is 18.7. The highest BCUT2D eigenvalue weighted by Crippen LogP contribution is 2.32. The summed E-state index contributed by atoms with van der Waals surface area (Å²) in [6, 6.07) is 0. The van der Waals surface area contributed by atoms with E-state index in [0.29, 0.717) is 5.41 Å². The molecule has 114 valence electrons. The molecule has 0 fully saturated rings. The van der Waals surface area contributed by atoms with Crippen molar-refractivity contribution in [1.82, 2.24) is 0 Å². The van der Waals surface area contributed by atoms with E-state index in [9.17, 15) is 0 Å². The Kier molecular flexibility index (Phi) is 11.3. The highest BCUT2D eigenvalue weighted by atomic mass is 14.5. The van der Waals surface area contributed by atoms with Gasteiger partial charge in [0, 0.05) is 0 Å². The molecule has 0 saturated heterocycles. The number of allylic oxidation sites excluding steroid dienone is 2. The fraction of sp³-hybridized carbons (Fsp3) is 0.889. The largest absolute Gasteiger partial charge is 0.330 e. The molecule has 19 heavy (non-hydrogen) atoms. The molecule has 0 aromatic rings. The predicted molar refractivity (Wildman–Crippen MR) is 88.4 cm³/mol. The van der Waals surface area contributed by atoms with Crippen LogP contribution in [0.25, 0.3) is 0 Å². The van der Waals surface area contributed by atoms with E-state index in [-0.39, 0.29) is 0 Å². The molecule has 2 N–H and O–H groups in total. The van der Waals surface area contributed by atoms with Crippen molar-refractivity contribution in [3.05, 3.63) is 12.2 Å². The summed E-state index contributed by atoms with van der Waals surface area (Å²) in [5.41, 5.74) is 5.85. The van der Waals surface area contributed by atoms with Crippen LogP contribution in [0.4, 0.5) is 0 Å². The zero-order valence-electron chi connectivity index (χ0n) is 13.9. The maximum Gasteiger partial charge on any atom is -0.00773 e. The van der Waals surface area contributed by atoms with Gasteiger partial charge >= 0.3 is 0 Å². The van der Waals surface area contributed by atoms with Crippen molar-refractivity contribution in [1.29, 1.82) is 0 Å². The molecule has 0 heterocycles. The zero-order chi connectivity index (χ0) is 14.6. The summed E-state index contributed by atoms with van der Waals surface area (Å²) in [5.74, 6) is 0.785. The second-order valence-electron chi connectivity index (χ2n) is 6.63. The van der Waals surface area contributed by atoms with Gasteiger partial charge in [0.2, 0.25) is 0 Å². The summed E-state index contributed by atoms with van der Waals surface area (Å²) in [4.78, 5) is 0. The van der Waals surface area contributed by atoms with Crippen molar-refractivity contribution in [2.45, 2.75) is 85.5 Å². The molecule has 0 aliphatic rings. The van der Waals surface area contributed by atoms with Gasteiger partial charge in [-0.05, 0) is 37.6 Å². The van der Waals surface area contributed by atoms with Gasteiger partial charge in [-0.3, -0.25) is 0 Å². The Labute approximate surface area is 122 Å². The molecule has 0 aliphatic carbocycles. The second kappa shape index (κ2) is 11.5. The number of rotatable bonds is 12. The van der Waals surface area contributed by atoms with Crippen molar-refractivity contribution >= 4 is 0 Å². The number of hydrogen-bond acceptors (Lipinski definition) is 1. The van der Waals surface area contributed by atoms with E-state index >= 15 is 0 Å². The molecular weight excluding hydrogens is 230 g/mol. The molecule has 0 aromatic heterocycles. The smallest absolute Gasteiger partial charge is 0.00773 e. The first-order valence-electron chi connectivity index (χ1n) is 8.38. The molecule has 0 amide bonds. The maximum atomic E-state index is 5.49. The lowest BCUT2D eigenvalue weighted by atomic mass is 9.77. The van der Waals surface area contributed by atoms with E-state index in [4.69, 9.17) is 5.73 Å². The Morgan fingerprint density at radius 1 is 0.895 bits per heavy atom. The van der Waals surface area contributed by atoms with E-state index in [0.717, 1.165) is 12.5 Å². The topological polar surface area (TPSA) is 26.0 Å². The first-order valence-corrected chi connectivity index (χ1v) is 8.38. The third-order valence-electron chi connectivity index (χ3n) is 4.46. The summed E-state index contributed by atoms with van der Waals surface area (Å²) in [7, 11) is 0. The molecule has 1 nitrogen and oxygen atoms in total. The minimum Gasteiger partial charge on any atom is -0.330 e. The summed E-state index contributed by atoms with van der Waals surface area (Å²) in [5, 5.41) is 0. The third-order valence-corrected chi connectivity index (χ3v) is 4.46. The molecule has 1 heteroatoms. The van der Waals surface area contributed by atoms with Crippen LogP contribution in [0.1, 0.15) is 85.5 Å². The Hall–Kier alpha value is -0.300. The van der Waals surface area contributed by atoms with Gasteiger partial charge in [-0.15, -0.1) is 0 Å². The van der Waals surface area contributed by atoms with E-state index < -0.39 is 0 Å². The van der Waals surface area contributed by atoms with Crippen molar-refractivity contribution in [3.63, 3.8) is 0 Å². The fourth-order valence-electron chi connectivity index (χ4n) is 2.62. The molecular formula is C18H37N. The van der Waals surface area contributed by atoms with Gasteiger partial charge in [-0.25, -0.2) is 0 Å². The van der Waals surface area contributed by atoms with Crippen LogP contribution in [-0.4, -0.2) is 6.54 Å². The fourth-order valence-corrected chi connectivity index (χ4v) is 2.62. The summed E-state index contributed by atoms with van der Waals surface area (Å²) < 4.78 is 0. The van der Waals surface area contributed by atoms with Gasteiger partial charge in [0.05, 0.1) is 0 Å². The van der Waals surface area contributed by atoms with Crippen LogP contribution in [0.5, 0.6) is 0 Å². The van der Waals surface area contributed by atoms with Crippen LogP contribution in [0.15, 0.2) is 12.2 Å². The van der Waals surface area contributed by atoms with E-state index in [1.54, 1.807) is 0 Å². The number of hydrogen-bond donors (Lipinski definition) is 1. The highest BCUT2D eigenvalue weighted by molar-refractivity contribution is 4.95. The zero-order valence-corrected chi connectivity index (χ0v) is 13.9. The summed E-state index contributed by atoms with van der Waals surface area (Å²) in [6.45, 7) is 10.1. The number of unbranched alkanes of at least 4 members (excludes halogenated alkanes) is 7. The van der Waals surface area contributed by atoms with E-state index in [1.807, 2.05) is 0 Å². The van der Waals surface area contributed by atoms with Crippen LogP contribution >= 0.6 is 0 Å². The molecule has 0 aliphatic heterocycles. The standard InChI is InChI=1S/C18H37N/c1-5-15-18(3,4)17(2)14-12-10-8-6-7-9-11-13-16-19/h5,15,17H,6-14,16,19H2,1-4H3. The van der Waals surface area contributed by atoms with Gasteiger partial charge in [0.15, 0.2) is 0 Å². The Morgan fingerprint density at radius 3 is 1.84 bits per heavy atom. The lowest BCUT2D eigenvalue weighted by Crippen LogP contribution is -2.18. The van der Waals surface area contributed by atoms with Gasteiger partial charge < -0.3 is 5.73 Å². The van der Waals surface area contributed by atoms with Crippen LogP contribution in [0.2, 0.25) is 0 Å². The maximum absolute atomic E-state index is 5.49. The third kappa shape index (κ3) is 10.2. The molecule has 0 saturated carbocycles. The van der Waals surface area contributed by atoms with Crippen molar-refractivity contribution in [2.75, 3.05) is 6.54 Å². The SMILES string of the molecule is CC=CC(C)(C)C(C)CCCCCCCCCCN. The quantitative estimate of drug-likeness (QED) is 0.356. The van der Waals surface area contributed by atoms with Gasteiger partial charge in [0.25, 0.3) is 0 Å². The Balaban J connectivity index is 3.44. The lowest BCUT2D eigenvalue weighted by Gasteiger charge is -2.28. The second-order valence-corrected chi connectivity index (χ2v) is 6.63. The Morgan fingerprint density at radius 2 is 1.37 bits per heavy atom. The molecule has 0 rings (SSSR count). The monoisotopic (exact) mass is 267 g/mol. The lowest BCUT2D eigenvalue weighted by molar-refractivity contribution is 0.280. The molecule has 0 bridgehead atoms. The average molecular weight is 268 g/mol. The van der Waals surface area contributed by atoms with Gasteiger partial charge in [-0.1, -0.05) is 77.9 Å². The molecule has 0 spiro atoms. The van der Waals surface area contributed by atoms with Crippen molar-refractivity contribution in [2.24, 2.45) is 17.1 Å². The van der Waals surface area contributed by atoms with Crippen LogP contribution in [0, 0.1) is 11.3 Å². The predicted octanol–water partition coefficient (Wildman–Crippen LogP) is 5.69. The van der Waals surface area contributed by atoms with E-state index in [2.05, 4.69) is 39.8 Å². The first-order chi connectivity index (χ1) is 9.04. The minimum atomic E-state index is 0.358. The van der Waals surface area contributed by atoms with Gasteiger partial charge in [-0.2, -0.15) is 0 Å². The average Bonchev–Trinajstić information content (AvgIpc) is 2.36. The van der Waals surface area contributed by atoms with Crippen LogP contribution < -0.4 is 5.73 Å². The Bertz CT molecular complexity index is 218. The van der Waals surface area contributed by atoms with E-state index in [1.165, 1.54) is 57.8 Å². The van der Waals surface area contributed by atoms with Gasteiger partial charge in [0.1, 0.15) is 0 Å². The normalized spacial score (nSPS) is 14.2. The number of nitrogens with two attached hydrogens (primary N) is 1. The molecule has 0 aromatic carbocycles. The highest BCUT2D eigenvalue weighted by Gasteiger charge is 2.21. The van der Waals surface area contributed by atoms with Crippen LogP contribution in [0.3, 0.4) is 0 Å². The minimum absolute atomic E-state index is 0.358. The molecule has 1 atom stereocenters. The molecule has 1 unspecified atom stereocenters. The van der Waals surface area contributed by atoms with Crippen LogP contribution in [-0.2, 0) is 0 Å². The summed E-state index contributed by atoms with van der Waals surface area (Å²) in [6.07, 6.45) is 16.9.